The van der Waals surface area contributed by atoms with E-state index < -0.39 is 0 Å². The van der Waals surface area contributed by atoms with Crippen molar-refractivity contribution in [1.29, 1.82) is 0 Å². The van der Waals surface area contributed by atoms with E-state index in [9.17, 15) is 0 Å². The molecule has 0 heterocycles. The van der Waals surface area contributed by atoms with Crippen molar-refractivity contribution in [3.63, 3.8) is 0 Å². The lowest BCUT2D eigenvalue weighted by atomic mass is 10.1. The van der Waals surface area contributed by atoms with Gasteiger partial charge in [-0.25, -0.2) is 0 Å². The van der Waals surface area contributed by atoms with Gasteiger partial charge in [-0.3, -0.25) is 0 Å². The van der Waals surface area contributed by atoms with Crippen LogP contribution in [0.2, 0.25) is 0 Å². The van der Waals surface area contributed by atoms with E-state index in [0.29, 0.717) is 6.04 Å². The molecule has 1 aliphatic carbocycles. The minimum absolute atomic E-state index is 0.549. The van der Waals surface area contributed by atoms with Crippen LogP contribution < -0.4 is 10.6 Å². The number of rotatable bonds is 2. The molecule has 19 heavy (non-hydrogen) atoms. The van der Waals surface area contributed by atoms with Crippen LogP contribution in [-0.4, -0.2) is 11.2 Å². The second-order valence-electron chi connectivity index (χ2n) is 5.61. The lowest BCUT2D eigenvalue weighted by Gasteiger charge is -2.20. The maximum absolute atomic E-state index is 5.44. The third-order valence-electron chi connectivity index (χ3n) is 3.83. The lowest BCUT2D eigenvalue weighted by molar-refractivity contribution is 0.535. The van der Waals surface area contributed by atoms with Crippen molar-refractivity contribution < 1.29 is 0 Å². The molecule has 0 saturated heterocycles. The molecule has 0 spiro atoms. The molecule has 0 aromatic heterocycles. The molecule has 3 heteroatoms. The first-order valence-electron chi connectivity index (χ1n) is 7.30. The van der Waals surface area contributed by atoms with Gasteiger partial charge < -0.3 is 10.6 Å². The summed E-state index contributed by atoms with van der Waals surface area (Å²) in [6, 6.07) is 6.96. The molecule has 2 rings (SSSR count). The number of anilines is 1. The SMILES string of the molecule is Cc1ccc(C)c(NC(=S)NC2CCCCCC2)c1. The Morgan fingerprint density at radius 1 is 1.11 bits per heavy atom. The van der Waals surface area contributed by atoms with Gasteiger partial charge in [-0.05, 0) is 56.1 Å². The van der Waals surface area contributed by atoms with E-state index in [2.05, 4.69) is 42.7 Å². The van der Waals surface area contributed by atoms with E-state index in [1.165, 1.54) is 49.7 Å². The maximum Gasteiger partial charge on any atom is 0.171 e. The summed E-state index contributed by atoms with van der Waals surface area (Å²) >= 11 is 5.44. The molecular weight excluding hydrogens is 252 g/mol. The average Bonchev–Trinajstić information content (AvgIpc) is 2.62. The van der Waals surface area contributed by atoms with E-state index in [4.69, 9.17) is 12.2 Å². The highest BCUT2D eigenvalue weighted by Crippen LogP contribution is 2.19. The van der Waals surface area contributed by atoms with Crippen LogP contribution in [-0.2, 0) is 0 Å². The summed E-state index contributed by atoms with van der Waals surface area (Å²) in [5.74, 6) is 0. The van der Waals surface area contributed by atoms with Gasteiger partial charge in [-0.2, -0.15) is 0 Å². The minimum Gasteiger partial charge on any atom is -0.360 e. The van der Waals surface area contributed by atoms with Crippen LogP contribution >= 0.6 is 12.2 Å². The molecule has 0 amide bonds. The molecule has 0 atom stereocenters. The molecule has 1 fully saturated rings. The number of benzene rings is 1. The molecule has 2 N–H and O–H groups in total. The number of hydrogen-bond acceptors (Lipinski definition) is 1. The summed E-state index contributed by atoms with van der Waals surface area (Å²) in [4.78, 5) is 0. The molecule has 0 unspecified atom stereocenters. The Balaban J connectivity index is 1.91. The molecule has 1 aromatic rings. The van der Waals surface area contributed by atoms with Crippen molar-refractivity contribution in [3.05, 3.63) is 29.3 Å². The number of hydrogen-bond donors (Lipinski definition) is 2. The van der Waals surface area contributed by atoms with Gasteiger partial charge in [0.25, 0.3) is 0 Å². The zero-order chi connectivity index (χ0) is 13.7. The molecule has 2 nitrogen and oxygen atoms in total. The summed E-state index contributed by atoms with van der Waals surface area (Å²) in [5, 5.41) is 7.58. The van der Waals surface area contributed by atoms with Crippen LogP contribution in [0.5, 0.6) is 0 Å². The van der Waals surface area contributed by atoms with Crippen LogP contribution in [0.4, 0.5) is 5.69 Å². The van der Waals surface area contributed by atoms with Gasteiger partial charge in [0.05, 0.1) is 0 Å². The number of nitrogens with one attached hydrogen (secondary N) is 2. The van der Waals surface area contributed by atoms with Crippen LogP contribution in [0.3, 0.4) is 0 Å². The Morgan fingerprint density at radius 2 is 1.79 bits per heavy atom. The van der Waals surface area contributed by atoms with Crippen LogP contribution in [0.15, 0.2) is 18.2 Å². The van der Waals surface area contributed by atoms with Gasteiger partial charge in [0.2, 0.25) is 0 Å². The van der Waals surface area contributed by atoms with E-state index in [-0.39, 0.29) is 0 Å². The normalized spacial score (nSPS) is 16.7. The number of aryl methyl sites for hydroxylation is 2. The van der Waals surface area contributed by atoms with Crippen molar-refractivity contribution >= 4 is 23.0 Å². The van der Waals surface area contributed by atoms with Crippen LogP contribution in [0, 0.1) is 13.8 Å². The quantitative estimate of drug-likeness (QED) is 0.621. The summed E-state index contributed by atoms with van der Waals surface area (Å²) in [5.41, 5.74) is 3.60. The second kappa shape index (κ2) is 6.90. The first-order chi connectivity index (χ1) is 9.15. The topological polar surface area (TPSA) is 24.1 Å². The highest BCUT2D eigenvalue weighted by Gasteiger charge is 2.13. The zero-order valence-corrected chi connectivity index (χ0v) is 12.8. The van der Waals surface area contributed by atoms with Gasteiger partial charge in [0, 0.05) is 11.7 Å². The van der Waals surface area contributed by atoms with E-state index in [1.54, 1.807) is 0 Å². The third-order valence-corrected chi connectivity index (χ3v) is 4.05. The highest BCUT2D eigenvalue weighted by molar-refractivity contribution is 7.80. The molecule has 1 aliphatic rings. The van der Waals surface area contributed by atoms with Crippen molar-refractivity contribution in [1.82, 2.24) is 5.32 Å². The maximum atomic E-state index is 5.44. The summed E-state index contributed by atoms with van der Waals surface area (Å²) in [7, 11) is 0. The smallest absolute Gasteiger partial charge is 0.171 e. The van der Waals surface area contributed by atoms with E-state index in [0.717, 1.165) is 10.8 Å². The predicted molar refractivity (Wildman–Crippen MR) is 86.8 cm³/mol. The zero-order valence-electron chi connectivity index (χ0n) is 12.0. The fourth-order valence-electron chi connectivity index (χ4n) is 2.64. The average molecular weight is 276 g/mol. The van der Waals surface area contributed by atoms with E-state index >= 15 is 0 Å². The van der Waals surface area contributed by atoms with Crippen LogP contribution in [0.1, 0.15) is 49.7 Å². The highest BCUT2D eigenvalue weighted by atomic mass is 32.1. The number of thiocarbonyl (C=S) groups is 1. The van der Waals surface area contributed by atoms with Gasteiger partial charge in [-0.1, -0.05) is 37.8 Å². The first-order valence-corrected chi connectivity index (χ1v) is 7.71. The second-order valence-corrected chi connectivity index (χ2v) is 6.01. The molecule has 0 bridgehead atoms. The predicted octanol–water partition coefficient (Wildman–Crippen LogP) is 4.31. The summed E-state index contributed by atoms with van der Waals surface area (Å²) in [6.45, 7) is 4.21. The Bertz CT molecular complexity index is 434. The third kappa shape index (κ3) is 4.50. The van der Waals surface area contributed by atoms with Gasteiger partial charge in [0.1, 0.15) is 0 Å². The van der Waals surface area contributed by atoms with Gasteiger partial charge >= 0.3 is 0 Å². The van der Waals surface area contributed by atoms with Crippen molar-refractivity contribution in [2.75, 3.05) is 5.32 Å². The van der Waals surface area contributed by atoms with E-state index in [1.807, 2.05) is 0 Å². The first kappa shape index (κ1) is 14.3. The Kier molecular flexibility index (Phi) is 5.20. The minimum atomic E-state index is 0.549. The molecule has 104 valence electrons. The monoisotopic (exact) mass is 276 g/mol. The lowest BCUT2D eigenvalue weighted by Crippen LogP contribution is -2.37. The Morgan fingerprint density at radius 3 is 2.47 bits per heavy atom. The summed E-state index contributed by atoms with van der Waals surface area (Å²) < 4.78 is 0. The summed E-state index contributed by atoms with van der Waals surface area (Å²) in [6.07, 6.45) is 7.88. The standard InChI is InChI=1S/C16H24N2S/c1-12-9-10-13(2)15(11-12)18-16(19)17-14-7-5-3-4-6-8-14/h9-11,14H,3-8H2,1-2H3,(H2,17,18,19). The van der Waals surface area contributed by atoms with Crippen molar-refractivity contribution in [2.24, 2.45) is 0 Å². The molecular formula is C16H24N2S. The molecule has 0 radical (unpaired) electrons. The van der Waals surface area contributed by atoms with Crippen molar-refractivity contribution in [2.45, 2.75) is 58.4 Å². The van der Waals surface area contributed by atoms with Crippen LogP contribution in [0.25, 0.3) is 0 Å². The molecule has 1 aromatic carbocycles. The Hall–Kier alpha value is -1.09. The fourth-order valence-corrected chi connectivity index (χ4v) is 2.91. The van der Waals surface area contributed by atoms with Crippen molar-refractivity contribution in [3.8, 4) is 0 Å². The largest absolute Gasteiger partial charge is 0.360 e. The van der Waals surface area contributed by atoms with Gasteiger partial charge in [-0.15, -0.1) is 0 Å². The molecule has 0 aliphatic heterocycles. The Labute approximate surface area is 122 Å². The van der Waals surface area contributed by atoms with Gasteiger partial charge in [0.15, 0.2) is 5.11 Å². The fraction of sp³-hybridized carbons (Fsp3) is 0.562. The molecule has 1 saturated carbocycles.